The van der Waals surface area contributed by atoms with E-state index in [4.69, 9.17) is 73.0 Å². The van der Waals surface area contributed by atoms with Gasteiger partial charge >= 0.3 is 3.18 Å². The Labute approximate surface area is 567 Å². The van der Waals surface area contributed by atoms with Crippen LogP contribution in [0.15, 0.2) is 77.8 Å². The molecule has 0 fully saturated rings. The minimum absolute atomic E-state index is 0.00524. The normalized spacial score (nSPS) is 11.3. The third-order valence-corrected chi connectivity index (χ3v) is 13.7. The van der Waals surface area contributed by atoms with Gasteiger partial charge in [0.15, 0.2) is 11.6 Å². The van der Waals surface area contributed by atoms with E-state index >= 15 is 0 Å². The minimum atomic E-state index is -0.970. The number of carbonyl (C=O) groups is 4. The van der Waals surface area contributed by atoms with E-state index < -0.39 is 23.5 Å². The maximum Gasteiger partial charge on any atom is 0.369 e. The number of phenolic OH excluding ortho intramolecular Hbond substituents is 2. The van der Waals surface area contributed by atoms with Crippen LogP contribution in [0.3, 0.4) is 0 Å². The van der Waals surface area contributed by atoms with Crippen molar-refractivity contribution in [1.82, 2.24) is 34.8 Å². The van der Waals surface area contributed by atoms with Gasteiger partial charge in [0.05, 0.1) is 91.8 Å². The summed E-state index contributed by atoms with van der Waals surface area (Å²) in [5, 5.41) is 40.4. The zero-order valence-electron chi connectivity index (χ0n) is 51.5. The Morgan fingerprint density at radius 3 is 1.39 bits per heavy atom. The Morgan fingerprint density at radius 1 is 0.587 bits per heavy atom. The van der Waals surface area contributed by atoms with Gasteiger partial charge in [-0.3, -0.25) is 19.2 Å². The fraction of sp³-hybridized carbons (Fsp3) is 0.322. The summed E-state index contributed by atoms with van der Waals surface area (Å²) in [6, 6.07) is 21.9. The number of ketones is 1. The number of isothiocyanates is 1. The van der Waals surface area contributed by atoms with E-state index in [1.54, 1.807) is 78.1 Å². The molecule has 10 rings (SSSR count). The van der Waals surface area contributed by atoms with E-state index in [-0.39, 0.29) is 32.9 Å². The summed E-state index contributed by atoms with van der Waals surface area (Å²) in [7, 11) is 13.0. The number of fused-ring (bicyclic) bond motifs is 7. The van der Waals surface area contributed by atoms with Crippen LogP contribution >= 0.6 is 71.7 Å². The molecular formula is C59H71BBr3N13O14S2. The molecule has 0 aliphatic carbocycles. The van der Waals surface area contributed by atoms with Crippen LogP contribution < -0.4 is 71.9 Å². The van der Waals surface area contributed by atoms with Crippen LogP contribution in [0.1, 0.15) is 54.6 Å². The van der Waals surface area contributed by atoms with Crippen molar-refractivity contribution in [2.75, 3.05) is 83.1 Å². The summed E-state index contributed by atoms with van der Waals surface area (Å²) >= 11 is 19.1. The van der Waals surface area contributed by atoms with Crippen molar-refractivity contribution >= 4 is 109 Å². The van der Waals surface area contributed by atoms with Crippen molar-refractivity contribution in [2.45, 2.75) is 45.2 Å². The maximum atomic E-state index is 11.3. The molecule has 0 saturated carbocycles. The number of methoxy groups -OCH3 is 8. The lowest BCUT2D eigenvalue weighted by molar-refractivity contribution is -0.135. The van der Waals surface area contributed by atoms with Gasteiger partial charge in [-0.15, -0.1) is 67.7 Å². The third-order valence-electron chi connectivity index (χ3n) is 13.2. The molecule has 33 heteroatoms. The minimum Gasteiger partial charge on any atom is -0.508 e. The van der Waals surface area contributed by atoms with Gasteiger partial charge in [0.2, 0.25) is 17.4 Å². The summed E-state index contributed by atoms with van der Waals surface area (Å²) < 4.78 is 45.3. The van der Waals surface area contributed by atoms with E-state index in [0.29, 0.717) is 55.6 Å². The molecule has 3 aliphatic rings. The monoisotopic (exact) mass is 1500 g/mol. The molecule has 0 saturated heterocycles. The van der Waals surface area contributed by atoms with E-state index in [9.17, 15) is 29.4 Å². The molecular weight excluding hydrogens is 1430 g/mol. The van der Waals surface area contributed by atoms with Crippen LogP contribution in [0.5, 0.6) is 57.5 Å². The van der Waals surface area contributed by atoms with Gasteiger partial charge in [-0.2, -0.15) is 0 Å². The first-order valence-corrected chi connectivity index (χ1v) is 31.0. The third kappa shape index (κ3) is 21.9. The van der Waals surface area contributed by atoms with Gasteiger partial charge in [-0.1, -0.05) is 12.2 Å². The second-order valence-corrected chi connectivity index (χ2v) is 25.9. The van der Waals surface area contributed by atoms with Crippen molar-refractivity contribution in [3.05, 3.63) is 118 Å². The number of nitrogens with one attached hydrogen (secondary N) is 1. The lowest BCUT2D eigenvalue weighted by atomic mass is 9.99. The van der Waals surface area contributed by atoms with Crippen LogP contribution in [0.4, 0.5) is 0 Å². The van der Waals surface area contributed by atoms with Crippen molar-refractivity contribution < 1.29 is 67.3 Å². The first-order valence-electron chi connectivity index (χ1n) is 27.4. The highest BCUT2D eigenvalue weighted by Gasteiger charge is 2.29. The summed E-state index contributed by atoms with van der Waals surface area (Å²) in [6.45, 7) is 2.94. The smallest absolute Gasteiger partial charge is 0.369 e. The standard InChI is InChI=1S/C13H14N4O3.C11H10N4O3.2C11H13NO2S.C10H15NO2.C3H6N2O2.BBr3/c1-19-8-5-7-3-4-17-12(10(7)9(6-8)20-2)15-16-13(17)11(14)18;12-9(18)11-14-13-10-8-5(1-2-15(10)11)3-6(16)4-7(8)17;1-13-8-5-7-3-4-12-11(15)10(7)9(6-8)14-2;1-13-10-5-9(3-4-12-8-15)6-11(7-10)14-2;1-12-9-5-8(3-4-11)6-10(7-9)13-2;4-1-2(6)3(5)7;2-1(3)4/h5-6H,3-4H2,1-2H3,(H2,14,18);3-4,16-17H,1-2H2,(H2,12,18);5-6H,3-4H2,1-2H3,(H,12,15);5-7H,3-4H2,1-2H3;5-7H,3-4,11H2,1-2H3;1,4H2,(H2,5,7);. The summed E-state index contributed by atoms with van der Waals surface area (Å²) in [6.07, 6.45) is 3.88. The number of phenols is 2. The van der Waals surface area contributed by atoms with Gasteiger partial charge < -0.3 is 91.2 Å². The number of hydrogen-bond donors (Lipinski definition) is 8. The number of primary amides is 3. The fourth-order valence-electron chi connectivity index (χ4n) is 9.03. The van der Waals surface area contributed by atoms with Crippen molar-refractivity contribution in [3.63, 3.8) is 0 Å². The molecule has 0 unspecified atom stereocenters. The maximum absolute atomic E-state index is 11.3. The summed E-state index contributed by atoms with van der Waals surface area (Å²) in [5.41, 5.74) is 32.7. The fourth-order valence-corrected chi connectivity index (χ4v) is 9.45. The largest absolute Gasteiger partial charge is 0.508 e. The van der Waals surface area contributed by atoms with Crippen LogP contribution in [0.2, 0.25) is 0 Å². The number of nitrogens with two attached hydrogens (primary N) is 5. The number of Topliss-reactive ketones (excluding diaryl/α,β-unsaturated/α-hetero) is 1. The number of carbonyl (C=O) groups excluding carboxylic acids is 4. The second-order valence-electron chi connectivity index (χ2n) is 18.9. The van der Waals surface area contributed by atoms with Crippen molar-refractivity contribution in [3.8, 4) is 80.3 Å². The number of nitrogens with zero attached hydrogens (tertiary/aromatic N) is 7. The molecule has 0 atom stereocenters. The number of aryl methyl sites for hydroxylation is 2. The van der Waals surface area contributed by atoms with Gasteiger partial charge in [0, 0.05) is 50.0 Å². The number of aromatic hydroxyl groups is 2. The molecule has 5 aromatic carbocycles. The Kier molecular flexibility index (Phi) is 31.8. The molecule has 27 nitrogen and oxygen atoms in total. The Hall–Kier alpha value is -8.43. The molecule has 7 aromatic rings. The first kappa shape index (κ1) is 76.0. The number of amides is 3. The molecule has 0 bridgehead atoms. The van der Waals surface area contributed by atoms with Crippen LogP contribution in [0, 0.1) is 0 Å². The topological polar surface area (TPSA) is 398 Å². The van der Waals surface area contributed by atoms with Gasteiger partial charge in [-0.25, -0.2) is 4.99 Å². The first-order chi connectivity index (χ1) is 44.0. The number of aliphatic imine (C=N–C) groups is 1. The van der Waals surface area contributed by atoms with Gasteiger partial charge in [0.1, 0.15) is 62.5 Å². The average Bonchev–Trinajstić information content (AvgIpc) is 1.55. The predicted octanol–water partition coefficient (Wildman–Crippen LogP) is 5.86. The van der Waals surface area contributed by atoms with E-state index in [1.165, 1.54) is 11.6 Å². The van der Waals surface area contributed by atoms with Crippen LogP contribution in [-0.4, -0.2) is 160 Å². The highest BCUT2D eigenvalue weighted by Crippen LogP contribution is 2.41. The number of rotatable bonds is 17. The molecule has 492 valence electrons. The zero-order chi connectivity index (χ0) is 68.2. The van der Waals surface area contributed by atoms with Crippen molar-refractivity contribution in [1.29, 1.82) is 0 Å². The van der Waals surface area contributed by atoms with E-state index in [0.717, 1.165) is 111 Å². The van der Waals surface area contributed by atoms with E-state index in [2.05, 4.69) is 101 Å². The Balaban J connectivity index is 0.000000237. The van der Waals surface area contributed by atoms with Gasteiger partial charge in [0.25, 0.3) is 17.7 Å². The van der Waals surface area contributed by atoms with Gasteiger partial charge in [-0.05, 0) is 121 Å². The number of benzene rings is 5. The molecule has 13 N–H and O–H groups in total. The van der Waals surface area contributed by atoms with Crippen LogP contribution in [0.25, 0.3) is 22.8 Å². The number of halogens is 3. The molecule has 3 amide bonds. The Bertz CT molecular complexity index is 3660. The highest BCUT2D eigenvalue weighted by atomic mass is 79.9. The molecule has 5 heterocycles. The number of aromatic nitrogens is 6. The highest BCUT2D eigenvalue weighted by molar-refractivity contribution is 9.69. The summed E-state index contributed by atoms with van der Waals surface area (Å²) in [5.74, 6) is 4.34. The van der Waals surface area contributed by atoms with E-state index in [1.807, 2.05) is 54.6 Å². The summed E-state index contributed by atoms with van der Waals surface area (Å²) in [4.78, 5) is 46.8. The molecule has 92 heavy (non-hydrogen) atoms. The zero-order valence-corrected chi connectivity index (χ0v) is 57.9. The quantitative estimate of drug-likeness (QED) is 0.0229. The number of ether oxygens (including phenoxy) is 8. The molecule has 2 aromatic heterocycles. The Morgan fingerprint density at radius 2 is 1.00 bits per heavy atom. The lowest BCUT2D eigenvalue weighted by Gasteiger charge is -2.21. The molecule has 0 radical (unpaired) electrons. The SMILES string of the molecule is BrB(Br)Br.COc1cc(CCN)cc(OC)c1.COc1cc(CCN=C=S)cc(OC)c1.COc1cc2c(c(OC)c1)-c1nnc(C(N)=O)n1CC2.COc1cc2c(c(OC)c1)C(=S)NCC2.NC(=O)c1nnc2n1CCc1cc(O)cc(O)c1-2.NCC(=O)C(N)=O. The average molecular weight is 1500 g/mol. The number of thiocarbonyl (C=S) groups is 2. The van der Waals surface area contributed by atoms with Crippen molar-refractivity contribution in [2.24, 2.45) is 33.7 Å². The molecule has 0 spiro atoms. The molecule has 3 aliphatic heterocycles. The second kappa shape index (κ2) is 38.4. The predicted molar refractivity (Wildman–Crippen MR) is 366 cm³/mol. The number of hydrogen-bond acceptors (Lipinski definition) is 23. The van der Waals surface area contributed by atoms with Crippen LogP contribution in [-0.2, 0) is 54.8 Å². The lowest BCUT2D eigenvalue weighted by Crippen LogP contribution is -2.31.